The van der Waals surface area contributed by atoms with Crippen LogP contribution in [0.15, 0.2) is 9.42 Å². The molecule has 10 heteroatoms. The SMILES string of the molecule is Cc1noc(C)c1S(=O)(=O)N[C@H](CC(=O)O)C(=O)O. The molecule has 0 saturated heterocycles. The minimum Gasteiger partial charge on any atom is -0.481 e. The van der Waals surface area contributed by atoms with Crippen LogP contribution < -0.4 is 4.72 Å². The smallest absolute Gasteiger partial charge is 0.322 e. The number of carbonyl (C=O) groups is 2. The molecule has 0 aliphatic heterocycles. The van der Waals surface area contributed by atoms with E-state index in [0.717, 1.165) is 0 Å². The maximum atomic E-state index is 12.0. The maximum absolute atomic E-state index is 12.0. The molecule has 1 aromatic rings. The Morgan fingerprint density at radius 3 is 2.32 bits per heavy atom. The molecule has 1 heterocycles. The van der Waals surface area contributed by atoms with Gasteiger partial charge in [0.1, 0.15) is 16.6 Å². The number of carboxylic acids is 2. The number of aryl methyl sites for hydroxylation is 2. The van der Waals surface area contributed by atoms with Crippen LogP contribution in [0, 0.1) is 13.8 Å². The molecule has 0 spiro atoms. The second-order valence-electron chi connectivity index (χ2n) is 3.76. The number of nitrogens with zero attached hydrogens (tertiary/aromatic N) is 1. The molecular formula is C9H12N2O7S. The van der Waals surface area contributed by atoms with Gasteiger partial charge in [0.2, 0.25) is 10.0 Å². The quantitative estimate of drug-likeness (QED) is 0.635. The van der Waals surface area contributed by atoms with Gasteiger partial charge >= 0.3 is 11.9 Å². The van der Waals surface area contributed by atoms with Crippen molar-refractivity contribution in [1.29, 1.82) is 0 Å². The zero-order valence-electron chi connectivity index (χ0n) is 10.1. The molecule has 0 bridgehead atoms. The minimum atomic E-state index is -4.22. The molecule has 0 aliphatic carbocycles. The molecule has 1 rings (SSSR count). The first-order valence-electron chi connectivity index (χ1n) is 5.05. The molecule has 0 aliphatic rings. The van der Waals surface area contributed by atoms with Gasteiger partial charge in [-0.05, 0) is 13.8 Å². The molecule has 19 heavy (non-hydrogen) atoms. The third-order valence-corrected chi connectivity index (χ3v) is 3.93. The highest BCUT2D eigenvalue weighted by Gasteiger charge is 2.31. The van der Waals surface area contributed by atoms with E-state index in [0.29, 0.717) is 0 Å². The highest BCUT2D eigenvalue weighted by Crippen LogP contribution is 2.19. The summed E-state index contributed by atoms with van der Waals surface area (Å²) in [5, 5.41) is 20.8. The normalized spacial score (nSPS) is 13.2. The Bertz CT molecular complexity index is 585. The Hall–Kier alpha value is -1.94. The Balaban J connectivity index is 3.08. The lowest BCUT2D eigenvalue weighted by molar-refractivity contribution is -0.145. The van der Waals surface area contributed by atoms with Gasteiger partial charge in [-0.15, -0.1) is 0 Å². The second kappa shape index (κ2) is 5.36. The summed E-state index contributed by atoms with van der Waals surface area (Å²) in [7, 11) is -4.22. The molecule has 0 unspecified atom stereocenters. The van der Waals surface area contributed by atoms with E-state index >= 15 is 0 Å². The third kappa shape index (κ3) is 3.51. The Kier molecular flexibility index (Phi) is 4.27. The van der Waals surface area contributed by atoms with Crippen molar-refractivity contribution in [3.8, 4) is 0 Å². The summed E-state index contributed by atoms with van der Waals surface area (Å²) >= 11 is 0. The Morgan fingerprint density at radius 1 is 1.37 bits per heavy atom. The summed E-state index contributed by atoms with van der Waals surface area (Å²) in [6.07, 6.45) is -0.877. The zero-order chi connectivity index (χ0) is 14.8. The standard InChI is InChI=1S/C9H12N2O7S/c1-4-8(5(2)18-10-4)19(16,17)11-6(9(14)15)3-7(12)13/h6,11H,3H2,1-2H3,(H,12,13)(H,14,15)/t6-/m1/s1. The van der Waals surface area contributed by atoms with Gasteiger partial charge in [0, 0.05) is 0 Å². The summed E-state index contributed by atoms with van der Waals surface area (Å²) in [6.45, 7) is 2.72. The lowest BCUT2D eigenvalue weighted by Crippen LogP contribution is -2.42. The summed E-state index contributed by atoms with van der Waals surface area (Å²) in [5.74, 6) is -3.03. The van der Waals surface area contributed by atoms with Crippen LogP contribution in [0.2, 0.25) is 0 Å². The van der Waals surface area contributed by atoms with E-state index in [1.165, 1.54) is 13.8 Å². The van der Waals surface area contributed by atoms with Crippen molar-refractivity contribution < 1.29 is 32.7 Å². The van der Waals surface area contributed by atoms with E-state index in [9.17, 15) is 18.0 Å². The summed E-state index contributed by atoms with van der Waals surface area (Å²) in [4.78, 5) is 21.0. The first-order valence-corrected chi connectivity index (χ1v) is 6.53. The maximum Gasteiger partial charge on any atom is 0.322 e. The van der Waals surface area contributed by atoms with Crippen molar-refractivity contribution in [1.82, 2.24) is 9.88 Å². The molecule has 1 aromatic heterocycles. The van der Waals surface area contributed by atoms with Crippen LogP contribution >= 0.6 is 0 Å². The van der Waals surface area contributed by atoms with Gasteiger partial charge in [-0.1, -0.05) is 5.16 Å². The number of aliphatic carboxylic acids is 2. The van der Waals surface area contributed by atoms with Crippen molar-refractivity contribution in [3.63, 3.8) is 0 Å². The average Bonchev–Trinajstić information content (AvgIpc) is 2.56. The number of carboxylic acid groups (broad SMARTS) is 2. The van der Waals surface area contributed by atoms with E-state index in [1.54, 1.807) is 4.72 Å². The van der Waals surface area contributed by atoms with Crippen LogP contribution in [0.4, 0.5) is 0 Å². The molecule has 1 atom stereocenters. The first kappa shape index (κ1) is 15.1. The molecule has 0 radical (unpaired) electrons. The molecule has 106 valence electrons. The largest absolute Gasteiger partial charge is 0.481 e. The predicted molar refractivity (Wildman–Crippen MR) is 60.0 cm³/mol. The van der Waals surface area contributed by atoms with Crippen molar-refractivity contribution in [3.05, 3.63) is 11.5 Å². The highest BCUT2D eigenvalue weighted by atomic mass is 32.2. The molecule has 0 aromatic carbocycles. The van der Waals surface area contributed by atoms with Crippen molar-refractivity contribution in [2.45, 2.75) is 31.2 Å². The van der Waals surface area contributed by atoms with Crippen molar-refractivity contribution in [2.24, 2.45) is 0 Å². The van der Waals surface area contributed by atoms with E-state index in [4.69, 9.17) is 10.2 Å². The number of aromatic nitrogens is 1. The summed E-state index contributed by atoms with van der Waals surface area (Å²) < 4.78 is 30.4. The predicted octanol–water partition coefficient (Wildman–Crippen LogP) is -0.502. The zero-order valence-corrected chi connectivity index (χ0v) is 10.9. The molecule has 0 amide bonds. The second-order valence-corrected chi connectivity index (χ2v) is 5.41. The van der Waals surface area contributed by atoms with Gasteiger partial charge < -0.3 is 14.7 Å². The van der Waals surface area contributed by atoms with Crippen LogP contribution in [0.1, 0.15) is 17.9 Å². The van der Waals surface area contributed by atoms with Crippen LogP contribution in [-0.2, 0) is 19.6 Å². The molecule has 9 nitrogen and oxygen atoms in total. The van der Waals surface area contributed by atoms with Crippen LogP contribution in [0.3, 0.4) is 0 Å². The van der Waals surface area contributed by atoms with E-state index < -0.39 is 34.4 Å². The van der Waals surface area contributed by atoms with E-state index in [1.807, 2.05) is 0 Å². The molecule has 3 N–H and O–H groups in total. The third-order valence-electron chi connectivity index (χ3n) is 2.21. The molecule has 0 saturated carbocycles. The van der Waals surface area contributed by atoms with Gasteiger partial charge in [0.25, 0.3) is 0 Å². The first-order chi connectivity index (χ1) is 8.65. The van der Waals surface area contributed by atoms with Crippen LogP contribution in [0.25, 0.3) is 0 Å². The van der Waals surface area contributed by atoms with Gasteiger partial charge in [-0.2, -0.15) is 4.72 Å². The number of hydrogen-bond acceptors (Lipinski definition) is 6. The summed E-state index contributed by atoms with van der Waals surface area (Å²) in [5.41, 5.74) is 0.0597. The lowest BCUT2D eigenvalue weighted by atomic mass is 10.2. The van der Waals surface area contributed by atoms with Crippen LogP contribution in [-0.4, -0.2) is 41.8 Å². The monoisotopic (exact) mass is 292 g/mol. The topological polar surface area (TPSA) is 147 Å². The number of nitrogens with one attached hydrogen (secondary N) is 1. The average molecular weight is 292 g/mol. The van der Waals surface area contributed by atoms with Gasteiger partial charge in [-0.25, -0.2) is 8.42 Å². The van der Waals surface area contributed by atoms with Gasteiger partial charge in [0.15, 0.2) is 5.76 Å². The van der Waals surface area contributed by atoms with Gasteiger partial charge in [0.05, 0.1) is 6.42 Å². The van der Waals surface area contributed by atoms with Crippen molar-refractivity contribution >= 4 is 22.0 Å². The fourth-order valence-corrected chi connectivity index (χ4v) is 2.98. The number of sulfonamides is 1. The van der Waals surface area contributed by atoms with Crippen molar-refractivity contribution in [2.75, 3.05) is 0 Å². The van der Waals surface area contributed by atoms with E-state index in [-0.39, 0.29) is 16.3 Å². The fraction of sp³-hybridized carbons (Fsp3) is 0.444. The molecular weight excluding hydrogens is 280 g/mol. The highest BCUT2D eigenvalue weighted by molar-refractivity contribution is 7.89. The Morgan fingerprint density at radius 2 is 1.95 bits per heavy atom. The number of rotatable bonds is 6. The lowest BCUT2D eigenvalue weighted by Gasteiger charge is -2.12. The van der Waals surface area contributed by atoms with E-state index in [2.05, 4.69) is 9.68 Å². The minimum absolute atomic E-state index is 0.00976. The van der Waals surface area contributed by atoms with Gasteiger partial charge in [-0.3, -0.25) is 9.59 Å². The number of hydrogen-bond donors (Lipinski definition) is 3. The van der Waals surface area contributed by atoms with Crippen LogP contribution in [0.5, 0.6) is 0 Å². The molecule has 0 fully saturated rings. The summed E-state index contributed by atoms with van der Waals surface area (Å²) in [6, 6.07) is -1.77. The fourth-order valence-electron chi connectivity index (χ4n) is 1.46. The Labute approximate surface area is 108 Å².